The number of amides is 3. The fourth-order valence-electron chi connectivity index (χ4n) is 4.75. The average molecular weight is 586 g/mol. The maximum absolute atomic E-state index is 13.7. The molecule has 0 unspecified atom stereocenters. The van der Waals surface area contributed by atoms with E-state index in [-0.39, 0.29) is 11.4 Å². The Morgan fingerprint density at radius 2 is 1.74 bits per heavy atom. The van der Waals surface area contributed by atoms with E-state index in [2.05, 4.69) is 5.32 Å². The lowest BCUT2D eigenvalue weighted by molar-refractivity contribution is -0.122. The number of thiazole rings is 1. The van der Waals surface area contributed by atoms with Crippen molar-refractivity contribution in [1.29, 1.82) is 0 Å². The third kappa shape index (κ3) is 4.29. The molecule has 0 spiro atoms. The summed E-state index contributed by atoms with van der Waals surface area (Å²) in [5.74, 6) is -2.96. The van der Waals surface area contributed by atoms with E-state index in [1.54, 1.807) is 24.3 Å². The van der Waals surface area contributed by atoms with Crippen LogP contribution in [-0.2, 0) is 20.9 Å². The normalized spacial score (nSPS) is 20.4. The second kappa shape index (κ2) is 9.81. The molecule has 2 aliphatic heterocycles. The molecule has 1 fully saturated rings. The summed E-state index contributed by atoms with van der Waals surface area (Å²) in [5.41, 5.74) is 0.830. The van der Waals surface area contributed by atoms with Crippen LogP contribution < -0.4 is 15.1 Å². The Kier molecular flexibility index (Phi) is 6.47. The largest absolute Gasteiger partial charge is 0.325 e. The van der Waals surface area contributed by atoms with Crippen molar-refractivity contribution in [3.63, 3.8) is 0 Å². The van der Waals surface area contributed by atoms with Crippen molar-refractivity contribution in [2.24, 2.45) is 5.92 Å². The molecule has 2 aromatic heterocycles. The van der Waals surface area contributed by atoms with Gasteiger partial charge in [0, 0.05) is 26.4 Å². The molecule has 38 heavy (non-hydrogen) atoms. The molecule has 3 amide bonds. The smallest absolute Gasteiger partial charge is 0.308 e. The van der Waals surface area contributed by atoms with Gasteiger partial charge in [0.05, 0.1) is 16.6 Å². The van der Waals surface area contributed by atoms with Gasteiger partial charge in [-0.05, 0) is 60.0 Å². The highest BCUT2D eigenvalue weighted by molar-refractivity contribution is 8.00. The first-order valence-electron chi connectivity index (χ1n) is 11.4. The average Bonchev–Trinajstić information content (AvgIpc) is 3.59. The fraction of sp³-hybridized carbons (Fsp3) is 0.154. The predicted octanol–water partition coefficient (Wildman–Crippen LogP) is 5.20. The van der Waals surface area contributed by atoms with Crippen LogP contribution in [0, 0.1) is 11.7 Å². The number of aromatic nitrogens is 1. The Labute approximate surface area is 232 Å². The van der Waals surface area contributed by atoms with Crippen LogP contribution in [0.1, 0.15) is 15.7 Å². The summed E-state index contributed by atoms with van der Waals surface area (Å²) in [5, 5.41) is 4.87. The molecule has 1 N–H and O–H groups in total. The molecule has 7 nitrogen and oxygen atoms in total. The number of hydrogen-bond acceptors (Lipinski definition) is 7. The Bertz CT molecular complexity index is 1620. The maximum atomic E-state index is 13.7. The van der Waals surface area contributed by atoms with Gasteiger partial charge in [-0.1, -0.05) is 40.8 Å². The summed E-state index contributed by atoms with van der Waals surface area (Å²) in [7, 11) is 0. The van der Waals surface area contributed by atoms with Crippen LogP contribution in [0.15, 0.2) is 75.9 Å². The number of halogens is 2. The molecule has 0 bridgehead atoms. The Morgan fingerprint density at radius 3 is 2.42 bits per heavy atom. The molecule has 0 saturated carbocycles. The van der Waals surface area contributed by atoms with Gasteiger partial charge >= 0.3 is 4.87 Å². The summed E-state index contributed by atoms with van der Waals surface area (Å²) >= 11 is 9.48. The van der Waals surface area contributed by atoms with E-state index < -0.39 is 40.6 Å². The van der Waals surface area contributed by atoms with Crippen LogP contribution >= 0.6 is 46.0 Å². The van der Waals surface area contributed by atoms with Crippen LogP contribution in [0.25, 0.3) is 0 Å². The summed E-state index contributed by atoms with van der Waals surface area (Å²) < 4.78 is 14.9. The molecule has 192 valence electrons. The topological polar surface area (TPSA) is 88.5 Å². The molecule has 4 heterocycles. The standard InChI is InChI=1S/C26H17ClFN3O4S3/c27-13-3-7-15(8-4-13)29-18(32)12-30-25-22(38-26(30)35)19(17-2-1-11-36-17)20-21(37-25)24(34)31(23(20)33)16-9-5-14(28)6-10-16/h1-11,19-21H,12H2,(H,29,32)/t19-,20-,21+/m0/s1. The first kappa shape index (κ1) is 25.1. The molecule has 0 aliphatic carbocycles. The highest BCUT2D eigenvalue weighted by Crippen LogP contribution is 2.54. The number of rotatable bonds is 5. The predicted molar refractivity (Wildman–Crippen MR) is 147 cm³/mol. The van der Waals surface area contributed by atoms with Gasteiger partial charge < -0.3 is 5.32 Å². The van der Waals surface area contributed by atoms with Crippen molar-refractivity contribution >= 4 is 75.1 Å². The number of fused-ring (bicyclic) bond motifs is 2. The number of thiophene rings is 1. The van der Waals surface area contributed by atoms with Crippen LogP contribution in [0.2, 0.25) is 5.02 Å². The number of carbonyl (C=O) groups is 3. The molecule has 4 aromatic rings. The lowest BCUT2D eigenvalue weighted by Crippen LogP contribution is -2.32. The van der Waals surface area contributed by atoms with Gasteiger partial charge in [0.15, 0.2) is 0 Å². The van der Waals surface area contributed by atoms with E-state index in [1.807, 2.05) is 17.5 Å². The number of anilines is 2. The summed E-state index contributed by atoms with van der Waals surface area (Å²) in [6.07, 6.45) is 0. The van der Waals surface area contributed by atoms with Crippen LogP contribution in [0.5, 0.6) is 0 Å². The van der Waals surface area contributed by atoms with Gasteiger partial charge in [-0.3, -0.25) is 23.7 Å². The number of hydrogen-bond donors (Lipinski definition) is 1. The molecule has 1 saturated heterocycles. The van der Waals surface area contributed by atoms with Crippen molar-refractivity contribution in [2.75, 3.05) is 10.2 Å². The number of imide groups is 1. The fourth-order valence-corrected chi connectivity index (χ4v) is 8.60. The van der Waals surface area contributed by atoms with E-state index in [9.17, 15) is 23.6 Å². The lowest BCUT2D eigenvalue weighted by atomic mass is 9.87. The van der Waals surface area contributed by atoms with Crippen molar-refractivity contribution in [2.45, 2.75) is 22.7 Å². The van der Waals surface area contributed by atoms with Gasteiger partial charge in [-0.2, -0.15) is 0 Å². The lowest BCUT2D eigenvalue weighted by Gasteiger charge is -2.29. The second-order valence-corrected chi connectivity index (χ2v) is 12.3. The van der Waals surface area contributed by atoms with Gasteiger partial charge in [-0.15, -0.1) is 11.3 Å². The van der Waals surface area contributed by atoms with Gasteiger partial charge in [-0.25, -0.2) is 9.29 Å². The Balaban J connectivity index is 1.38. The molecule has 2 aliphatic rings. The van der Waals surface area contributed by atoms with Gasteiger partial charge in [0.25, 0.3) is 0 Å². The van der Waals surface area contributed by atoms with Crippen LogP contribution in [0.4, 0.5) is 15.8 Å². The zero-order chi connectivity index (χ0) is 26.6. The summed E-state index contributed by atoms with van der Waals surface area (Å²) in [6, 6.07) is 15.6. The van der Waals surface area contributed by atoms with Crippen molar-refractivity contribution < 1.29 is 18.8 Å². The van der Waals surface area contributed by atoms with E-state index in [0.29, 0.717) is 26.3 Å². The van der Waals surface area contributed by atoms with Crippen molar-refractivity contribution in [1.82, 2.24) is 4.57 Å². The van der Waals surface area contributed by atoms with Crippen LogP contribution in [-0.4, -0.2) is 27.5 Å². The quantitative estimate of drug-likeness (QED) is 0.325. The highest BCUT2D eigenvalue weighted by atomic mass is 35.5. The zero-order valence-electron chi connectivity index (χ0n) is 19.3. The third-order valence-electron chi connectivity index (χ3n) is 6.41. The first-order valence-corrected chi connectivity index (χ1v) is 14.4. The van der Waals surface area contributed by atoms with E-state index >= 15 is 0 Å². The molecule has 3 atom stereocenters. The number of benzene rings is 2. The minimum Gasteiger partial charge on any atom is -0.325 e. The van der Waals surface area contributed by atoms with E-state index in [0.717, 1.165) is 32.9 Å². The molecule has 6 rings (SSSR count). The second-order valence-electron chi connectivity index (χ2n) is 8.72. The van der Waals surface area contributed by atoms with Crippen LogP contribution in [0.3, 0.4) is 0 Å². The molecular weight excluding hydrogens is 569 g/mol. The number of thioether (sulfide) groups is 1. The highest BCUT2D eigenvalue weighted by Gasteiger charge is 2.57. The van der Waals surface area contributed by atoms with Gasteiger partial charge in [0.2, 0.25) is 17.7 Å². The van der Waals surface area contributed by atoms with Crippen molar-refractivity contribution in [3.8, 4) is 0 Å². The number of nitrogens with zero attached hydrogens (tertiary/aromatic N) is 2. The van der Waals surface area contributed by atoms with E-state index in [1.165, 1.54) is 40.2 Å². The monoisotopic (exact) mass is 585 g/mol. The minimum atomic E-state index is -0.799. The SMILES string of the molecule is O=C(Cn1c2c(sc1=O)[C@@H](c1cccs1)[C@@H]1C(=O)N(c3ccc(F)cc3)C(=O)[C@@H]1S2)Nc1ccc(Cl)cc1. The minimum absolute atomic E-state index is 0.251. The van der Waals surface area contributed by atoms with Crippen molar-refractivity contribution in [3.05, 3.63) is 96.3 Å². The number of carbonyl (C=O) groups excluding carboxylic acids is 3. The third-order valence-corrected chi connectivity index (χ3v) is 10.2. The molecule has 12 heteroatoms. The first-order chi connectivity index (χ1) is 18.3. The Morgan fingerprint density at radius 1 is 1.00 bits per heavy atom. The summed E-state index contributed by atoms with van der Waals surface area (Å²) in [4.78, 5) is 55.5. The number of nitrogens with one attached hydrogen (secondary N) is 1. The molecule has 2 aromatic carbocycles. The zero-order valence-corrected chi connectivity index (χ0v) is 22.5. The maximum Gasteiger partial charge on any atom is 0.308 e. The van der Waals surface area contributed by atoms with Gasteiger partial charge in [0.1, 0.15) is 17.6 Å². The molecular formula is C26H17ClFN3O4S3. The Hall–Kier alpha value is -3.25. The molecule has 0 radical (unpaired) electrons. The summed E-state index contributed by atoms with van der Waals surface area (Å²) in [6.45, 7) is -0.251. The van der Waals surface area contributed by atoms with E-state index in [4.69, 9.17) is 11.6 Å².